The SMILES string of the molecule is COC(=O)N1CCC(c2cc(=O)[nH]o2)CC1c1cc(F)c(Cl)c(F)c1.O=c1cc([C@H]2CCN[C@H](c3cc(F)c(Cl)c(F)c3)C2)o[nH]1. The second-order valence-corrected chi connectivity index (χ2v) is 11.7. The Morgan fingerprint density at radius 3 is 1.78 bits per heavy atom. The normalized spacial score (nSPS) is 21.4. The van der Waals surface area contributed by atoms with Crippen molar-refractivity contribution in [1.29, 1.82) is 0 Å². The molecule has 2 unspecified atom stereocenters. The van der Waals surface area contributed by atoms with Crippen LogP contribution in [0.4, 0.5) is 22.4 Å². The Morgan fingerprint density at radius 2 is 1.30 bits per heavy atom. The molecule has 2 aliphatic heterocycles. The molecular weight excluding hydrogens is 659 g/mol. The number of rotatable bonds is 4. The van der Waals surface area contributed by atoms with Crippen molar-refractivity contribution in [2.75, 3.05) is 20.2 Å². The third-order valence-corrected chi connectivity index (χ3v) is 8.83. The maximum Gasteiger partial charge on any atom is 0.409 e. The summed E-state index contributed by atoms with van der Waals surface area (Å²) in [6.07, 6.45) is 1.60. The molecule has 0 spiro atoms. The highest BCUT2D eigenvalue weighted by molar-refractivity contribution is 6.31. The highest BCUT2D eigenvalue weighted by Gasteiger charge is 2.36. The summed E-state index contributed by atoms with van der Waals surface area (Å²) in [4.78, 5) is 35.9. The summed E-state index contributed by atoms with van der Waals surface area (Å²) in [6, 6.07) is 6.55. The first kappa shape index (κ1) is 33.4. The molecule has 246 valence electrons. The quantitative estimate of drug-likeness (QED) is 0.161. The number of carbonyl (C=O) groups excluding carboxylic acids is 1. The second-order valence-electron chi connectivity index (χ2n) is 11.0. The molecule has 0 aliphatic carbocycles. The maximum absolute atomic E-state index is 13.9. The molecule has 2 aromatic carbocycles. The first-order valence-corrected chi connectivity index (χ1v) is 14.9. The summed E-state index contributed by atoms with van der Waals surface area (Å²) >= 11 is 11.0. The molecule has 2 saturated heterocycles. The van der Waals surface area contributed by atoms with Crippen LogP contribution in [0.25, 0.3) is 0 Å². The molecule has 1 amide bonds. The van der Waals surface area contributed by atoms with Crippen molar-refractivity contribution < 1.29 is 36.1 Å². The van der Waals surface area contributed by atoms with E-state index in [0.29, 0.717) is 42.9 Å². The van der Waals surface area contributed by atoms with Gasteiger partial charge in [-0.2, -0.15) is 10.3 Å². The number of ether oxygens (including phenoxy) is 1. The zero-order valence-corrected chi connectivity index (χ0v) is 25.7. The Bertz CT molecular complexity index is 1780. The van der Waals surface area contributed by atoms with Gasteiger partial charge in [-0.1, -0.05) is 23.2 Å². The number of hydrogen-bond acceptors (Lipinski definition) is 7. The molecule has 3 N–H and O–H groups in total. The molecule has 2 fully saturated rings. The van der Waals surface area contributed by atoms with Crippen LogP contribution in [-0.4, -0.2) is 41.5 Å². The van der Waals surface area contributed by atoms with E-state index in [4.69, 9.17) is 37.0 Å². The summed E-state index contributed by atoms with van der Waals surface area (Å²) in [7, 11) is 1.24. The van der Waals surface area contributed by atoms with E-state index in [0.717, 1.165) is 18.6 Å². The van der Waals surface area contributed by atoms with Crippen LogP contribution in [0.5, 0.6) is 0 Å². The lowest BCUT2D eigenvalue weighted by molar-refractivity contribution is 0.0813. The van der Waals surface area contributed by atoms with Gasteiger partial charge in [-0.05, 0) is 67.6 Å². The van der Waals surface area contributed by atoms with E-state index in [1.165, 1.54) is 36.3 Å². The Labute approximate surface area is 268 Å². The number of methoxy groups -OCH3 is 1. The van der Waals surface area contributed by atoms with Crippen molar-refractivity contribution in [3.63, 3.8) is 0 Å². The average Bonchev–Trinajstić information content (AvgIpc) is 3.69. The minimum atomic E-state index is -0.906. The number of amides is 1. The van der Waals surface area contributed by atoms with Gasteiger partial charge in [0.25, 0.3) is 11.1 Å². The molecule has 4 atom stereocenters. The van der Waals surface area contributed by atoms with E-state index in [9.17, 15) is 31.9 Å². The second kappa shape index (κ2) is 14.2. The summed E-state index contributed by atoms with van der Waals surface area (Å²) in [5.74, 6) is -2.51. The fourth-order valence-electron chi connectivity index (χ4n) is 5.85. The Hall–Kier alpha value is -4.01. The van der Waals surface area contributed by atoms with Crippen LogP contribution in [0.1, 0.15) is 72.3 Å². The van der Waals surface area contributed by atoms with Gasteiger partial charge in [0.15, 0.2) is 0 Å². The molecule has 0 saturated carbocycles. The van der Waals surface area contributed by atoms with Crippen LogP contribution in [0.2, 0.25) is 10.0 Å². The van der Waals surface area contributed by atoms with Crippen molar-refractivity contribution in [2.45, 2.75) is 49.6 Å². The average molecular weight is 687 g/mol. The monoisotopic (exact) mass is 686 g/mol. The van der Waals surface area contributed by atoms with E-state index in [1.807, 2.05) is 0 Å². The Morgan fingerprint density at radius 1 is 0.804 bits per heavy atom. The fourth-order valence-corrected chi connectivity index (χ4v) is 6.06. The number of piperidine rings is 2. The summed E-state index contributed by atoms with van der Waals surface area (Å²) in [6.45, 7) is 0.943. The van der Waals surface area contributed by atoms with Crippen LogP contribution in [-0.2, 0) is 4.74 Å². The van der Waals surface area contributed by atoms with Gasteiger partial charge in [-0.15, -0.1) is 0 Å². The van der Waals surface area contributed by atoms with E-state index in [1.54, 1.807) is 0 Å². The van der Waals surface area contributed by atoms with Crippen LogP contribution in [0.15, 0.2) is 55.0 Å². The van der Waals surface area contributed by atoms with Crippen molar-refractivity contribution in [1.82, 2.24) is 20.5 Å². The lowest BCUT2D eigenvalue weighted by Gasteiger charge is -2.38. The van der Waals surface area contributed by atoms with Crippen molar-refractivity contribution >= 4 is 29.3 Å². The highest BCUT2D eigenvalue weighted by Crippen LogP contribution is 2.40. The van der Waals surface area contributed by atoms with E-state index in [-0.39, 0.29) is 41.1 Å². The van der Waals surface area contributed by atoms with E-state index >= 15 is 0 Å². The number of hydrogen-bond donors (Lipinski definition) is 3. The molecule has 2 aromatic heterocycles. The molecule has 0 radical (unpaired) electrons. The molecule has 0 bridgehead atoms. The third kappa shape index (κ3) is 7.34. The lowest BCUT2D eigenvalue weighted by atomic mass is 9.86. The molecule has 2 aliphatic rings. The van der Waals surface area contributed by atoms with Crippen LogP contribution in [0, 0.1) is 23.3 Å². The van der Waals surface area contributed by atoms with Crippen LogP contribution < -0.4 is 16.4 Å². The summed E-state index contributed by atoms with van der Waals surface area (Å²) in [5.41, 5.74) is 0.0959. The first-order chi connectivity index (χ1) is 21.9. The van der Waals surface area contributed by atoms with Gasteiger partial charge in [0.05, 0.1) is 13.2 Å². The number of nitrogens with one attached hydrogen (secondary N) is 3. The van der Waals surface area contributed by atoms with Crippen molar-refractivity contribution in [3.8, 4) is 0 Å². The molecule has 4 aromatic rings. The number of benzene rings is 2. The number of likely N-dealkylation sites (tertiary alicyclic amines) is 1. The molecule has 46 heavy (non-hydrogen) atoms. The van der Waals surface area contributed by atoms with Gasteiger partial charge in [0.1, 0.15) is 44.8 Å². The predicted molar refractivity (Wildman–Crippen MR) is 158 cm³/mol. The Balaban J connectivity index is 0.000000184. The van der Waals surface area contributed by atoms with Gasteiger partial charge in [-0.25, -0.2) is 22.4 Å². The van der Waals surface area contributed by atoms with Gasteiger partial charge >= 0.3 is 6.09 Å². The van der Waals surface area contributed by atoms with Crippen molar-refractivity contribution in [3.05, 3.63) is 113 Å². The van der Waals surface area contributed by atoms with Gasteiger partial charge in [-0.3, -0.25) is 9.59 Å². The summed E-state index contributed by atoms with van der Waals surface area (Å²) in [5, 5.41) is 6.59. The molecular formula is C30H28Cl2F4N4O6. The van der Waals surface area contributed by atoms with Gasteiger partial charge in [0, 0.05) is 36.6 Å². The van der Waals surface area contributed by atoms with Crippen LogP contribution in [0.3, 0.4) is 0 Å². The Kier molecular flexibility index (Phi) is 10.3. The number of carbonyl (C=O) groups is 1. The topological polar surface area (TPSA) is 134 Å². The molecule has 4 heterocycles. The number of halogens is 6. The molecule has 10 nitrogen and oxygen atoms in total. The first-order valence-electron chi connectivity index (χ1n) is 14.2. The zero-order chi connectivity index (χ0) is 33.1. The number of aromatic amines is 2. The van der Waals surface area contributed by atoms with E-state index < -0.39 is 45.4 Å². The molecule has 6 rings (SSSR count). The van der Waals surface area contributed by atoms with Crippen molar-refractivity contribution in [2.24, 2.45) is 0 Å². The standard InChI is InChI=1S/C16H15ClF2N2O4.C14H13ClF2N2O2/c1-24-16(23)21-3-2-8(13-7-14(22)20-25-13)6-12(21)9-4-10(18)15(17)11(19)5-9;15-14-9(16)3-8(4-10(14)17)11-5-7(1-2-18-11)12-6-13(20)19-21-12/h4-5,7-8,12H,2-3,6H2,1H3,(H,20,22);3-4,6-7,11,18H,1-2,5H2,(H,19,20)/t;7-,11-/m.0/s1. The zero-order valence-electron chi connectivity index (χ0n) is 24.2. The fraction of sp³-hybridized carbons (Fsp3) is 0.367. The highest BCUT2D eigenvalue weighted by atomic mass is 35.5. The number of nitrogens with zero attached hydrogens (tertiary/aromatic N) is 1. The number of H-pyrrole nitrogens is 2. The van der Waals surface area contributed by atoms with Gasteiger partial charge in [0.2, 0.25) is 0 Å². The third-order valence-electron chi connectivity index (χ3n) is 8.11. The van der Waals surface area contributed by atoms with Gasteiger partial charge < -0.3 is 24.0 Å². The minimum Gasteiger partial charge on any atom is -0.453 e. The van der Waals surface area contributed by atoms with E-state index in [2.05, 4.69) is 15.6 Å². The maximum atomic E-state index is 13.9. The predicted octanol–water partition coefficient (Wildman–Crippen LogP) is 6.69. The molecule has 16 heteroatoms. The smallest absolute Gasteiger partial charge is 0.409 e. The minimum absolute atomic E-state index is 0.0250. The van der Waals surface area contributed by atoms with Crippen LogP contribution >= 0.6 is 23.2 Å². The largest absolute Gasteiger partial charge is 0.453 e. The number of aromatic nitrogens is 2. The summed E-state index contributed by atoms with van der Waals surface area (Å²) < 4.78 is 69.8. The lowest BCUT2D eigenvalue weighted by Crippen LogP contribution is -2.40.